The summed E-state index contributed by atoms with van der Waals surface area (Å²) in [5.74, 6) is 4.10. The molecule has 2 rings (SSSR count). The Hall–Kier alpha value is 0.560. The first-order chi connectivity index (χ1) is 6.36. The van der Waals surface area contributed by atoms with Gasteiger partial charge in [0.15, 0.2) is 0 Å². The molecule has 2 atom stereocenters. The van der Waals surface area contributed by atoms with Crippen molar-refractivity contribution in [3.63, 3.8) is 0 Å². The van der Waals surface area contributed by atoms with Crippen LogP contribution >= 0.6 is 24.2 Å². The van der Waals surface area contributed by atoms with Crippen LogP contribution in [0.25, 0.3) is 0 Å². The highest BCUT2D eigenvalue weighted by molar-refractivity contribution is 7.99. The van der Waals surface area contributed by atoms with Crippen molar-refractivity contribution in [1.82, 2.24) is 5.32 Å². The first kappa shape index (κ1) is 12.6. The summed E-state index contributed by atoms with van der Waals surface area (Å²) in [6, 6.07) is 0. The van der Waals surface area contributed by atoms with Gasteiger partial charge in [0.25, 0.3) is 0 Å². The van der Waals surface area contributed by atoms with Crippen LogP contribution in [0, 0.1) is 11.8 Å². The number of ether oxygens (including phenoxy) is 1. The largest absolute Gasteiger partial charge is 0.363 e. The van der Waals surface area contributed by atoms with Crippen molar-refractivity contribution in [3.8, 4) is 0 Å². The molecule has 2 heterocycles. The second kappa shape index (κ2) is 6.21. The summed E-state index contributed by atoms with van der Waals surface area (Å²) >= 11 is 2.08. The fraction of sp³-hybridized carbons (Fsp3) is 1.00. The Morgan fingerprint density at radius 2 is 2.00 bits per heavy atom. The summed E-state index contributed by atoms with van der Waals surface area (Å²) in [6.45, 7) is 4.32. The first-order valence-corrected chi connectivity index (χ1v) is 6.44. The third kappa shape index (κ3) is 3.30. The van der Waals surface area contributed by atoms with Crippen LogP contribution in [0.2, 0.25) is 0 Å². The van der Waals surface area contributed by atoms with E-state index in [4.69, 9.17) is 4.74 Å². The van der Waals surface area contributed by atoms with Crippen LogP contribution in [0.1, 0.15) is 19.8 Å². The molecule has 2 nitrogen and oxygen atoms in total. The second-order valence-electron chi connectivity index (χ2n) is 4.22. The topological polar surface area (TPSA) is 21.3 Å². The van der Waals surface area contributed by atoms with Gasteiger partial charge in [-0.05, 0) is 30.3 Å². The van der Waals surface area contributed by atoms with E-state index in [1.165, 1.54) is 24.3 Å². The maximum atomic E-state index is 5.81. The fourth-order valence-corrected chi connectivity index (χ4v) is 3.17. The SMILES string of the molecule is CC1CNC(C2CCSCC2)OC1.Cl. The summed E-state index contributed by atoms with van der Waals surface area (Å²) < 4.78 is 5.81. The molecule has 14 heavy (non-hydrogen) atoms. The lowest BCUT2D eigenvalue weighted by Crippen LogP contribution is -2.47. The predicted octanol–water partition coefficient (Wildman–Crippen LogP) is 2.13. The Bertz CT molecular complexity index is 156. The summed E-state index contributed by atoms with van der Waals surface area (Å²) in [5.41, 5.74) is 0. The molecule has 2 aliphatic heterocycles. The van der Waals surface area contributed by atoms with E-state index in [1.807, 2.05) is 0 Å². The van der Waals surface area contributed by atoms with Crippen LogP contribution in [0.15, 0.2) is 0 Å². The molecular formula is C10H20ClNOS. The van der Waals surface area contributed by atoms with E-state index < -0.39 is 0 Å². The molecule has 4 heteroatoms. The number of halogens is 1. The first-order valence-electron chi connectivity index (χ1n) is 5.29. The molecule has 0 radical (unpaired) electrons. The Labute approximate surface area is 97.0 Å². The van der Waals surface area contributed by atoms with Crippen LogP contribution in [0.4, 0.5) is 0 Å². The zero-order chi connectivity index (χ0) is 9.10. The predicted molar refractivity (Wildman–Crippen MR) is 64.2 cm³/mol. The lowest BCUT2D eigenvalue weighted by molar-refractivity contribution is -0.0581. The highest BCUT2D eigenvalue weighted by Gasteiger charge is 2.27. The third-order valence-corrected chi connectivity index (χ3v) is 3.97. The van der Waals surface area contributed by atoms with Gasteiger partial charge in [-0.25, -0.2) is 0 Å². The Morgan fingerprint density at radius 1 is 1.29 bits per heavy atom. The molecule has 2 fully saturated rings. The summed E-state index contributed by atoms with van der Waals surface area (Å²) in [5, 5.41) is 3.51. The van der Waals surface area contributed by atoms with Crippen molar-refractivity contribution in [3.05, 3.63) is 0 Å². The van der Waals surface area contributed by atoms with Gasteiger partial charge in [0.2, 0.25) is 0 Å². The molecule has 0 bridgehead atoms. The van der Waals surface area contributed by atoms with Gasteiger partial charge >= 0.3 is 0 Å². The number of rotatable bonds is 1. The molecule has 0 aromatic rings. The van der Waals surface area contributed by atoms with Crippen LogP contribution in [-0.4, -0.2) is 30.9 Å². The van der Waals surface area contributed by atoms with Crippen molar-refractivity contribution in [2.24, 2.45) is 11.8 Å². The minimum absolute atomic E-state index is 0. The average Bonchev–Trinajstić information content (AvgIpc) is 2.20. The van der Waals surface area contributed by atoms with E-state index in [9.17, 15) is 0 Å². The van der Waals surface area contributed by atoms with Gasteiger partial charge in [-0.1, -0.05) is 6.92 Å². The zero-order valence-corrected chi connectivity index (χ0v) is 10.3. The molecule has 1 N–H and O–H groups in total. The second-order valence-corrected chi connectivity index (χ2v) is 5.44. The minimum Gasteiger partial charge on any atom is -0.363 e. The molecule has 2 unspecified atom stereocenters. The van der Waals surface area contributed by atoms with Crippen LogP contribution < -0.4 is 5.32 Å². The van der Waals surface area contributed by atoms with E-state index >= 15 is 0 Å². The molecular weight excluding hydrogens is 218 g/mol. The van der Waals surface area contributed by atoms with E-state index in [2.05, 4.69) is 24.0 Å². The molecule has 0 spiro atoms. The molecule has 2 saturated heterocycles. The lowest BCUT2D eigenvalue weighted by Gasteiger charge is -2.35. The molecule has 0 amide bonds. The number of hydrogen-bond donors (Lipinski definition) is 1. The highest BCUT2D eigenvalue weighted by Crippen LogP contribution is 2.27. The van der Waals surface area contributed by atoms with Gasteiger partial charge < -0.3 is 4.74 Å². The zero-order valence-electron chi connectivity index (χ0n) is 8.70. The van der Waals surface area contributed by atoms with Crippen molar-refractivity contribution in [2.45, 2.75) is 26.0 Å². The standard InChI is InChI=1S/C10H19NOS.ClH/c1-8-6-11-10(12-7-8)9-2-4-13-5-3-9;/h8-11H,2-7H2,1H3;1H. The van der Waals surface area contributed by atoms with Crippen LogP contribution in [-0.2, 0) is 4.74 Å². The summed E-state index contributed by atoms with van der Waals surface area (Å²) in [4.78, 5) is 0. The number of thioether (sulfide) groups is 1. The van der Waals surface area contributed by atoms with Crippen molar-refractivity contribution >= 4 is 24.2 Å². The molecule has 84 valence electrons. The Morgan fingerprint density at radius 3 is 2.57 bits per heavy atom. The molecule has 2 aliphatic rings. The van der Waals surface area contributed by atoms with Gasteiger partial charge in [-0.15, -0.1) is 12.4 Å². The van der Waals surface area contributed by atoms with Gasteiger partial charge in [0.1, 0.15) is 6.23 Å². The van der Waals surface area contributed by atoms with E-state index in [1.54, 1.807) is 0 Å². The van der Waals surface area contributed by atoms with Crippen molar-refractivity contribution < 1.29 is 4.74 Å². The van der Waals surface area contributed by atoms with Gasteiger partial charge in [-0.2, -0.15) is 11.8 Å². The quantitative estimate of drug-likeness (QED) is 0.755. The van der Waals surface area contributed by atoms with Gasteiger partial charge in [0.05, 0.1) is 6.61 Å². The Kier molecular flexibility index (Phi) is 5.60. The summed E-state index contributed by atoms with van der Waals surface area (Å²) in [6.07, 6.45) is 3.02. The maximum Gasteiger partial charge on any atom is 0.111 e. The maximum absolute atomic E-state index is 5.81. The smallest absolute Gasteiger partial charge is 0.111 e. The molecule has 0 saturated carbocycles. The fourth-order valence-electron chi connectivity index (χ4n) is 2.02. The third-order valence-electron chi connectivity index (χ3n) is 2.92. The number of nitrogens with one attached hydrogen (secondary N) is 1. The van der Waals surface area contributed by atoms with E-state index in [0.29, 0.717) is 12.1 Å². The highest BCUT2D eigenvalue weighted by atomic mass is 35.5. The van der Waals surface area contributed by atoms with Gasteiger partial charge in [-0.3, -0.25) is 5.32 Å². The monoisotopic (exact) mass is 237 g/mol. The molecule has 0 aromatic carbocycles. The molecule has 0 aromatic heterocycles. The average molecular weight is 238 g/mol. The van der Waals surface area contributed by atoms with Crippen LogP contribution in [0.5, 0.6) is 0 Å². The summed E-state index contributed by atoms with van der Waals surface area (Å²) in [7, 11) is 0. The van der Waals surface area contributed by atoms with Crippen LogP contribution in [0.3, 0.4) is 0 Å². The molecule has 0 aliphatic carbocycles. The van der Waals surface area contributed by atoms with Crippen molar-refractivity contribution in [1.29, 1.82) is 0 Å². The minimum atomic E-state index is 0. The normalized spacial score (nSPS) is 34.9. The van der Waals surface area contributed by atoms with Gasteiger partial charge in [0, 0.05) is 12.5 Å². The van der Waals surface area contributed by atoms with E-state index in [0.717, 1.165) is 19.1 Å². The number of hydrogen-bond acceptors (Lipinski definition) is 3. The Balaban J connectivity index is 0.000000980. The van der Waals surface area contributed by atoms with Crippen molar-refractivity contribution in [2.75, 3.05) is 24.7 Å². The lowest BCUT2D eigenvalue weighted by atomic mass is 9.99. The van der Waals surface area contributed by atoms with E-state index in [-0.39, 0.29) is 12.4 Å².